The number of aromatic nitrogens is 3. The highest BCUT2D eigenvalue weighted by Gasteiger charge is 2.48. The molecule has 2 aromatic heterocycles. The third-order valence-electron chi connectivity index (χ3n) is 3.92. The van der Waals surface area contributed by atoms with Gasteiger partial charge in [-0.1, -0.05) is 13.8 Å². The second-order valence-electron chi connectivity index (χ2n) is 6.22. The molecular formula is C16H19N5O. The van der Waals surface area contributed by atoms with Crippen molar-refractivity contribution in [3.05, 3.63) is 48.2 Å². The van der Waals surface area contributed by atoms with Crippen molar-refractivity contribution in [2.45, 2.75) is 26.8 Å². The summed E-state index contributed by atoms with van der Waals surface area (Å²) in [6, 6.07) is 5.51. The van der Waals surface area contributed by atoms with Gasteiger partial charge in [-0.25, -0.2) is 14.8 Å². The number of hydrogen-bond donors (Lipinski definition) is 1. The number of nitrogens with one attached hydrogen (secondary N) is 1. The number of carbonyl (C=O) groups excluding carboxylic acids is 1. The highest BCUT2D eigenvalue weighted by Crippen LogP contribution is 2.48. The summed E-state index contributed by atoms with van der Waals surface area (Å²) in [7, 11) is 0. The van der Waals surface area contributed by atoms with Crippen LogP contribution < -0.4 is 5.32 Å². The highest BCUT2D eigenvalue weighted by molar-refractivity contribution is 5.89. The van der Waals surface area contributed by atoms with Gasteiger partial charge < -0.3 is 4.90 Å². The third kappa shape index (κ3) is 2.64. The van der Waals surface area contributed by atoms with Crippen LogP contribution in [0.15, 0.2) is 36.8 Å². The Morgan fingerprint density at radius 3 is 2.64 bits per heavy atom. The van der Waals surface area contributed by atoms with E-state index in [1.807, 2.05) is 17.0 Å². The molecular weight excluding hydrogens is 278 g/mol. The molecule has 1 unspecified atom stereocenters. The molecule has 1 N–H and O–H groups in total. The number of aryl methyl sites for hydroxylation is 1. The summed E-state index contributed by atoms with van der Waals surface area (Å²) >= 11 is 0. The predicted octanol–water partition coefficient (Wildman–Crippen LogP) is 2.80. The third-order valence-corrected chi connectivity index (χ3v) is 3.92. The lowest BCUT2D eigenvalue weighted by atomic mass is 9.72. The van der Waals surface area contributed by atoms with Crippen LogP contribution in [0.2, 0.25) is 0 Å². The maximum Gasteiger partial charge on any atom is 0.323 e. The van der Waals surface area contributed by atoms with Crippen LogP contribution in [0, 0.1) is 12.3 Å². The molecule has 3 heterocycles. The van der Waals surface area contributed by atoms with Gasteiger partial charge in [-0.2, -0.15) is 0 Å². The summed E-state index contributed by atoms with van der Waals surface area (Å²) in [4.78, 5) is 26.6. The zero-order chi connectivity index (χ0) is 15.7. The van der Waals surface area contributed by atoms with Crippen molar-refractivity contribution >= 4 is 11.8 Å². The SMILES string of the molecule is Cc1nccc(NC(=O)N2CC(C)(C)C2c2ccncc2)n1. The van der Waals surface area contributed by atoms with Gasteiger partial charge >= 0.3 is 6.03 Å². The van der Waals surface area contributed by atoms with E-state index >= 15 is 0 Å². The van der Waals surface area contributed by atoms with Gasteiger partial charge in [0.05, 0.1) is 6.04 Å². The van der Waals surface area contributed by atoms with Gasteiger partial charge in [0, 0.05) is 30.6 Å². The summed E-state index contributed by atoms with van der Waals surface area (Å²) in [5.41, 5.74) is 1.14. The first kappa shape index (κ1) is 14.4. The summed E-state index contributed by atoms with van der Waals surface area (Å²) in [6.07, 6.45) is 5.15. The van der Waals surface area contributed by atoms with Crippen LogP contribution in [0.25, 0.3) is 0 Å². The lowest BCUT2D eigenvalue weighted by Crippen LogP contribution is -2.59. The van der Waals surface area contributed by atoms with Crippen LogP contribution in [-0.2, 0) is 0 Å². The van der Waals surface area contributed by atoms with Gasteiger partial charge in [-0.3, -0.25) is 10.3 Å². The molecule has 6 heteroatoms. The van der Waals surface area contributed by atoms with E-state index in [0.717, 1.165) is 5.56 Å². The minimum atomic E-state index is -0.140. The molecule has 0 radical (unpaired) electrons. The first-order chi connectivity index (χ1) is 10.5. The fourth-order valence-corrected chi connectivity index (χ4v) is 3.00. The van der Waals surface area contributed by atoms with E-state index in [0.29, 0.717) is 18.2 Å². The average Bonchev–Trinajstić information content (AvgIpc) is 2.46. The van der Waals surface area contributed by atoms with Crippen molar-refractivity contribution < 1.29 is 4.79 Å². The average molecular weight is 297 g/mol. The topological polar surface area (TPSA) is 71.0 Å². The fraction of sp³-hybridized carbons (Fsp3) is 0.375. The molecule has 1 aliphatic rings. The van der Waals surface area contributed by atoms with E-state index in [1.165, 1.54) is 0 Å². The van der Waals surface area contributed by atoms with Crippen LogP contribution in [0.5, 0.6) is 0 Å². The number of urea groups is 1. The van der Waals surface area contributed by atoms with Gasteiger partial charge in [-0.05, 0) is 30.7 Å². The fourth-order valence-electron chi connectivity index (χ4n) is 3.00. The summed E-state index contributed by atoms with van der Waals surface area (Å²) in [5.74, 6) is 1.16. The van der Waals surface area contributed by atoms with Crippen LogP contribution >= 0.6 is 0 Å². The predicted molar refractivity (Wildman–Crippen MR) is 83.3 cm³/mol. The van der Waals surface area contributed by atoms with Gasteiger partial charge in [0.1, 0.15) is 11.6 Å². The molecule has 22 heavy (non-hydrogen) atoms. The molecule has 0 aromatic carbocycles. The minimum Gasteiger partial charge on any atom is -0.316 e. The first-order valence-corrected chi connectivity index (χ1v) is 7.24. The molecule has 2 amide bonds. The maximum absolute atomic E-state index is 12.5. The smallest absolute Gasteiger partial charge is 0.316 e. The molecule has 0 spiro atoms. The van der Waals surface area contributed by atoms with Crippen LogP contribution in [0.1, 0.15) is 31.3 Å². The number of pyridine rings is 1. The Morgan fingerprint density at radius 1 is 1.27 bits per heavy atom. The molecule has 0 saturated carbocycles. The summed E-state index contributed by atoms with van der Waals surface area (Å²) in [6.45, 7) is 6.82. The van der Waals surface area contributed by atoms with Crippen molar-refractivity contribution in [1.82, 2.24) is 19.9 Å². The molecule has 0 bridgehead atoms. The van der Waals surface area contributed by atoms with Gasteiger partial charge in [-0.15, -0.1) is 0 Å². The van der Waals surface area contributed by atoms with Crippen molar-refractivity contribution in [2.24, 2.45) is 5.41 Å². The number of amides is 2. The lowest BCUT2D eigenvalue weighted by Gasteiger charge is -2.54. The second-order valence-corrected chi connectivity index (χ2v) is 6.22. The molecule has 1 saturated heterocycles. The van der Waals surface area contributed by atoms with E-state index in [2.05, 4.69) is 34.1 Å². The quantitative estimate of drug-likeness (QED) is 0.925. The second kappa shape index (κ2) is 5.36. The van der Waals surface area contributed by atoms with Crippen molar-refractivity contribution in [1.29, 1.82) is 0 Å². The Balaban J connectivity index is 1.78. The van der Waals surface area contributed by atoms with Crippen molar-refractivity contribution in [2.75, 3.05) is 11.9 Å². The number of hydrogen-bond acceptors (Lipinski definition) is 4. The van der Waals surface area contributed by atoms with Crippen LogP contribution in [0.3, 0.4) is 0 Å². The van der Waals surface area contributed by atoms with Crippen molar-refractivity contribution in [3.63, 3.8) is 0 Å². The number of likely N-dealkylation sites (tertiary alicyclic amines) is 1. The van der Waals surface area contributed by atoms with E-state index in [-0.39, 0.29) is 17.5 Å². The molecule has 114 valence electrons. The Labute approximate surface area is 129 Å². The monoisotopic (exact) mass is 297 g/mol. The molecule has 0 aliphatic carbocycles. The number of rotatable bonds is 2. The molecule has 3 rings (SSSR count). The summed E-state index contributed by atoms with van der Waals surface area (Å²) in [5, 5.41) is 2.84. The molecule has 2 aromatic rings. The van der Waals surface area contributed by atoms with Gasteiger partial charge in [0.2, 0.25) is 0 Å². The molecule has 1 atom stereocenters. The van der Waals surface area contributed by atoms with E-state index in [9.17, 15) is 4.79 Å². The number of carbonyl (C=O) groups is 1. The Bertz CT molecular complexity index is 686. The molecule has 6 nitrogen and oxygen atoms in total. The van der Waals surface area contributed by atoms with Crippen molar-refractivity contribution in [3.8, 4) is 0 Å². The number of nitrogens with zero attached hydrogens (tertiary/aromatic N) is 4. The Kier molecular flexibility index (Phi) is 3.52. The standard InChI is InChI=1S/C16H19N5O/c1-11-18-9-6-13(19-11)20-15(22)21-10-16(2,3)14(21)12-4-7-17-8-5-12/h4-9,14H,10H2,1-3H3,(H,18,19,20,22). The largest absolute Gasteiger partial charge is 0.323 e. The Morgan fingerprint density at radius 2 is 2.00 bits per heavy atom. The zero-order valence-corrected chi connectivity index (χ0v) is 12.9. The van der Waals surface area contributed by atoms with E-state index < -0.39 is 0 Å². The van der Waals surface area contributed by atoms with E-state index in [1.54, 1.807) is 31.6 Å². The zero-order valence-electron chi connectivity index (χ0n) is 12.9. The van der Waals surface area contributed by atoms with Crippen LogP contribution in [-0.4, -0.2) is 32.4 Å². The minimum absolute atomic E-state index is 0.0402. The molecule has 1 aliphatic heterocycles. The summed E-state index contributed by atoms with van der Waals surface area (Å²) < 4.78 is 0. The van der Waals surface area contributed by atoms with Gasteiger partial charge in [0.25, 0.3) is 0 Å². The molecule has 1 fully saturated rings. The lowest BCUT2D eigenvalue weighted by molar-refractivity contribution is -0.0116. The van der Waals surface area contributed by atoms with E-state index in [4.69, 9.17) is 0 Å². The number of anilines is 1. The maximum atomic E-state index is 12.5. The van der Waals surface area contributed by atoms with Crippen LogP contribution in [0.4, 0.5) is 10.6 Å². The Hall–Kier alpha value is -2.50. The normalized spacial score (nSPS) is 19.4. The first-order valence-electron chi connectivity index (χ1n) is 7.24. The van der Waals surface area contributed by atoms with Gasteiger partial charge in [0.15, 0.2) is 0 Å². The highest BCUT2D eigenvalue weighted by atomic mass is 16.2.